The Hall–Kier alpha value is -1.35. The Bertz CT molecular complexity index is 376. The average Bonchev–Trinajstić information content (AvgIpc) is 2.24. The van der Waals surface area contributed by atoms with E-state index in [2.05, 4.69) is 0 Å². The molecular formula is C15H22O3. The lowest BCUT2D eigenvalue weighted by molar-refractivity contribution is -0.163. The van der Waals surface area contributed by atoms with E-state index in [4.69, 9.17) is 4.74 Å². The first-order chi connectivity index (χ1) is 8.29. The van der Waals surface area contributed by atoms with Gasteiger partial charge in [0, 0.05) is 0 Å². The maximum absolute atomic E-state index is 12.0. The van der Waals surface area contributed by atoms with Crippen molar-refractivity contribution in [3.05, 3.63) is 35.9 Å². The second kappa shape index (κ2) is 6.01. The molecule has 0 radical (unpaired) electrons. The van der Waals surface area contributed by atoms with Crippen molar-refractivity contribution in [2.24, 2.45) is 5.92 Å². The van der Waals surface area contributed by atoms with Gasteiger partial charge in [-0.05, 0) is 39.7 Å². The summed E-state index contributed by atoms with van der Waals surface area (Å²) in [7, 11) is 0. The van der Waals surface area contributed by atoms with Crippen LogP contribution in [0.5, 0.6) is 0 Å². The smallest absolute Gasteiger partial charge is 0.312 e. The van der Waals surface area contributed by atoms with Gasteiger partial charge in [-0.3, -0.25) is 4.79 Å². The third kappa shape index (κ3) is 4.88. The first-order valence-electron chi connectivity index (χ1n) is 6.24. The van der Waals surface area contributed by atoms with Crippen LogP contribution in [0.1, 0.15) is 33.3 Å². The molecule has 0 aromatic heterocycles. The summed E-state index contributed by atoms with van der Waals surface area (Å²) in [5, 5.41) is 9.74. The van der Waals surface area contributed by atoms with Crippen molar-refractivity contribution in [3.8, 4) is 0 Å². The van der Waals surface area contributed by atoms with E-state index in [1.54, 1.807) is 6.92 Å². The van der Waals surface area contributed by atoms with Crippen LogP contribution in [0.25, 0.3) is 0 Å². The van der Waals surface area contributed by atoms with E-state index in [1.165, 1.54) is 0 Å². The molecule has 0 spiro atoms. The van der Waals surface area contributed by atoms with Crippen LogP contribution < -0.4 is 0 Å². The summed E-state index contributed by atoms with van der Waals surface area (Å²) in [6.45, 7) is 7.10. The maximum Gasteiger partial charge on any atom is 0.312 e. The molecule has 0 aliphatic carbocycles. The van der Waals surface area contributed by atoms with Gasteiger partial charge in [0.15, 0.2) is 0 Å². The number of ether oxygens (including phenoxy) is 1. The van der Waals surface area contributed by atoms with Crippen LogP contribution in [0, 0.1) is 5.92 Å². The molecule has 0 saturated heterocycles. The van der Waals surface area contributed by atoms with Crippen molar-refractivity contribution in [3.63, 3.8) is 0 Å². The number of hydrogen-bond acceptors (Lipinski definition) is 3. The number of esters is 1. The molecule has 0 saturated carbocycles. The zero-order chi connectivity index (χ0) is 13.8. The van der Waals surface area contributed by atoms with Crippen LogP contribution in [0.2, 0.25) is 0 Å². The lowest BCUT2D eigenvalue weighted by Crippen LogP contribution is -2.35. The minimum atomic E-state index is -0.722. The average molecular weight is 250 g/mol. The molecule has 0 aliphatic heterocycles. The largest absolute Gasteiger partial charge is 0.460 e. The van der Waals surface area contributed by atoms with E-state index in [0.29, 0.717) is 6.42 Å². The third-order valence-corrected chi connectivity index (χ3v) is 2.59. The van der Waals surface area contributed by atoms with Crippen LogP contribution >= 0.6 is 0 Å². The molecule has 18 heavy (non-hydrogen) atoms. The Labute approximate surface area is 109 Å². The minimum Gasteiger partial charge on any atom is -0.460 e. The van der Waals surface area contributed by atoms with Gasteiger partial charge >= 0.3 is 5.97 Å². The van der Waals surface area contributed by atoms with E-state index in [9.17, 15) is 9.90 Å². The first-order valence-corrected chi connectivity index (χ1v) is 6.24. The van der Waals surface area contributed by atoms with Crippen LogP contribution in [-0.2, 0) is 16.0 Å². The molecular weight excluding hydrogens is 228 g/mol. The minimum absolute atomic E-state index is 0.346. The Morgan fingerprint density at radius 2 is 1.83 bits per heavy atom. The second-order valence-corrected chi connectivity index (χ2v) is 5.57. The lowest BCUT2D eigenvalue weighted by Gasteiger charge is -2.25. The summed E-state index contributed by atoms with van der Waals surface area (Å²) >= 11 is 0. The van der Waals surface area contributed by atoms with Crippen molar-refractivity contribution in [2.75, 3.05) is 0 Å². The zero-order valence-electron chi connectivity index (χ0n) is 11.5. The van der Waals surface area contributed by atoms with Crippen LogP contribution in [0.15, 0.2) is 30.3 Å². The molecule has 0 fully saturated rings. The number of aliphatic hydroxyl groups is 1. The predicted octanol–water partition coefficient (Wildman–Crippen LogP) is 2.57. The molecule has 1 N–H and O–H groups in total. The maximum atomic E-state index is 12.0. The Morgan fingerprint density at radius 3 is 2.28 bits per heavy atom. The molecule has 1 aromatic rings. The number of aliphatic hydroxyl groups excluding tert-OH is 1. The van der Waals surface area contributed by atoms with E-state index in [1.807, 2.05) is 51.1 Å². The van der Waals surface area contributed by atoms with Crippen LogP contribution in [0.4, 0.5) is 0 Å². The molecule has 100 valence electrons. The Kier molecular flexibility index (Phi) is 4.91. The van der Waals surface area contributed by atoms with E-state index in [0.717, 1.165) is 5.56 Å². The standard InChI is InChI=1S/C15H22O3/c1-11(16)13(14(17)18-15(2,3)4)10-12-8-6-5-7-9-12/h5-9,11,13,16H,10H2,1-4H3. The van der Waals surface area contributed by atoms with E-state index < -0.39 is 17.6 Å². The fraction of sp³-hybridized carbons (Fsp3) is 0.533. The molecule has 1 rings (SSSR count). The third-order valence-electron chi connectivity index (χ3n) is 2.59. The molecule has 0 aliphatic rings. The van der Waals surface area contributed by atoms with E-state index in [-0.39, 0.29) is 5.97 Å². The summed E-state index contributed by atoms with van der Waals surface area (Å²) in [5.74, 6) is -0.868. The molecule has 0 heterocycles. The molecule has 3 heteroatoms. The second-order valence-electron chi connectivity index (χ2n) is 5.57. The summed E-state index contributed by atoms with van der Waals surface area (Å²) in [4.78, 5) is 12.0. The zero-order valence-corrected chi connectivity index (χ0v) is 11.5. The number of benzene rings is 1. The van der Waals surface area contributed by atoms with Gasteiger partial charge in [0.2, 0.25) is 0 Å². The fourth-order valence-electron chi connectivity index (χ4n) is 1.70. The van der Waals surface area contributed by atoms with Gasteiger partial charge in [0.25, 0.3) is 0 Å². The first kappa shape index (κ1) is 14.7. The highest BCUT2D eigenvalue weighted by molar-refractivity contribution is 5.73. The monoisotopic (exact) mass is 250 g/mol. The van der Waals surface area contributed by atoms with Crippen molar-refractivity contribution in [1.29, 1.82) is 0 Å². The van der Waals surface area contributed by atoms with Gasteiger partial charge in [-0.15, -0.1) is 0 Å². The highest BCUT2D eigenvalue weighted by atomic mass is 16.6. The van der Waals surface area contributed by atoms with Gasteiger partial charge in [0.05, 0.1) is 12.0 Å². The number of carbonyl (C=O) groups is 1. The van der Waals surface area contributed by atoms with Gasteiger partial charge in [0.1, 0.15) is 5.60 Å². The Morgan fingerprint density at radius 1 is 1.28 bits per heavy atom. The molecule has 3 nitrogen and oxygen atoms in total. The number of carbonyl (C=O) groups excluding carboxylic acids is 1. The fourth-order valence-corrected chi connectivity index (χ4v) is 1.70. The topological polar surface area (TPSA) is 46.5 Å². The van der Waals surface area contributed by atoms with Crippen LogP contribution in [0.3, 0.4) is 0 Å². The quantitative estimate of drug-likeness (QED) is 0.835. The normalized spacial score (nSPS) is 14.9. The summed E-state index contributed by atoms with van der Waals surface area (Å²) in [5.41, 5.74) is 0.496. The van der Waals surface area contributed by atoms with E-state index >= 15 is 0 Å². The molecule has 1 aromatic carbocycles. The van der Waals surface area contributed by atoms with Crippen molar-refractivity contribution in [1.82, 2.24) is 0 Å². The Balaban J connectivity index is 2.75. The molecule has 0 bridgehead atoms. The predicted molar refractivity (Wildman–Crippen MR) is 71.2 cm³/mol. The number of rotatable bonds is 4. The summed E-state index contributed by atoms with van der Waals surface area (Å²) in [6, 6.07) is 9.65. The van der Waals surface area contributed by atoms with Gasteiger partial charge < -0.3 is 9.84 Å². The highest BCUT2D eigenvalue weighted by Crippen LogP contribution is 2.18. The van der Waals surface area contributed by atoms with Gasteiger partial charge in [-0.2, -0.15) is 0 Å². The van der Waals surface area contributed by atoms with Gasteiger partial charge in [-0.1, -0.05) is 30.3 Å². The lowest BCUT2D eigenvalue weighted by atomic mass is 9.94. The highest BCUT2D eigenvalue weighted by Gasteiger charge is 2.28. The van der Waals surface area contributed by atoms with Crippen molar-refractivity contribution >= 4 is 5.97 Å². The molecule has 2 atom stereocenters. The van der Waals surface area contributed by atoms with Crippen molar-refractivity contribution in [2.45, 2.75) is 45.8 Å². The molecule has 0 amide bonds. The van der Waals surface area contributed by atoms with Gasteiger partial charge in [-0.25, -0.2) is 0 Å². The summed E-state index contributed by atoms with van der Waals surface area (Å²) < 4.78 is 5.33. The molecule has 2 unspecified atom stereocenters. The van der Waals surface area contributed by atoms with Crippen LogP contribution in [-0.4, -0.2) is 22.8 Å². The summed E-state index contributed by atoms with van der Waals surface area (Å²) in [6.07, 6.45) is -0.229. The van der Waals surface area contributed by atoms with Crippen molar-refractivity contribution < 1.29 is 14.6 Å². The SMILES string of the molecule is CC(O)C(Cc1ccccc1)C(=O)OC(C)(C)C. The number of hydrogen-bond donors (Lipinski definition) is 1.